The largest absolute Gasteiger partial charge is 0.416 e. The molecule has 0 saturated heterocycles. The number of allylic oxidation sites excluding steroid dienone is 3. The highest BCUT2D eigenvalue weighted by Crippen LogP contribution is 2.34. The summed E-state index contributed by atoms with van der Waals surface area (Å²) in [5.74, 6) is 0.219. The number of benzene rings is 1. The van der Waals surface area contributed by atoms with Gasteiger partial charge in [0.1, 0.15) is 5.54 Å². The maximum atomic E-state index is 13.0. The van der Waals surface area contributed by atoms with Gasteiger partial charge < -0.3 is 9.64 Å². The smallest absolute Gasteiger partial charge is 0.374 e. The summed E-state index contributed by atoms with van der Waals surface area (Å²) in [5.41, 5.74) is 0.0750. The highest BCUT2D eigenvalue weighted by atomic mass is 19.4. The predicted octanol–water partition coefficient (Wildman–Crippen LogP) is 4.38. The van der Waals surface area contributed by atoms with Gasteiger partial charge in [-0.05, 0) is 31.0 Å². The van der Waals surface area contributed by atoms with Gasteiger partial charge in [-0.3, -0.25) is 4.99 Å². The van der Waals surface area contributed by atoms with E-state index in [0.29, 0.717) is 17.7 Å². The van der Waals surface area contributed by atoms with E-state index >= 15 is 0 Å². The highest BCUT2D eigenvalue weighted by molar-refractivity contribution is 5.59. The molecule has 3 nitrogen and oxygen atoms in total. The lowest BCUT2D eigenvalue weighted by atomic mass is 9.81. The van der Waals surface area contributed by atoms with Crippen LogP contribution in [0.15, 0.2) is 47.5 Å². The zero-order valence-corrected chi connectivity index (χ0v) is 15.0. The molecule has 0 saturated carbocycles. The summed E-state index contributed by atoms with van der Waals surface area (Å²) >= 11 is 0. The molecular weight excluding hydrogens is 341 g/mol. The Hall–Kier alpha value is -2.08. The number of alkyl halides is 3. The fourth-order valence-corrected chi connectivity index (χ4v) is 3.56. The molecule has 1 heterocycles. The molecule has 2 atom stereocenters. The zero-order chi connectivity index (χ0) is 18.8. The Bertz CT molecular complexity index is 739. The summed E-state index contributed by atoms with van der Waals surface area (Å²) in [6, 6.07) is 4.04. The fraction of sp³-hybridized carbons (Fsp3) is 0.450. The molecule has 0 fully saturated rings. The average Bonchev–Trinajstić information content (AvgIpc) is 2.97. The number of ether oxygens (including phenoxy) is 1. The number of hydrogen-bond donors (Lipinski definition) is 0. The van der Waals surface area contributed by atoms with E-state index in [0.717, 1.165) is 25.1 Å². The van der Waals surface area contributed by atoms with Crippen LogP contribution < -0.4 is 0 Å². The van der Waals surface area contributed by atoms with Gasteiger partial charge >= 0.3 is 6.18 Å². The first kappa shape index (κ1) is 18.7. The van der Waals surface area contributed by atoms with E-state index < -0.39 is 17.3 Å². The molecule has 3 rings (SSSR count). The Labute approximate surface area is 151 Å². The number of aliphatic imine (C=N–C) groups is 1. The molecule has 0 N–H and O–H groups in total. The second-order valence-corrected chi connectivity index (χ2v) is 7.12. The van der Waals surface area contributed by atoms with Crippen LogP contribution >= 0.6 is 0 Å². The topological polar surface area (TPSA) is 24.8 Å². The van der Waals surface area contributed by atoms with Crippen molar-refractivity contribution in [3.63, 3.8) is 0 Å². The van der Waals surface area contributed by atoms with Crippen molar-refractivity contribution in [2.45, 2.75) is 31.7 Å². The van der Waals surface area contributed by atoms with Crippen molar-refractivity contribution in [1.29, 1.82) is 0 Å². The van der Waals surface area contributed by atoms with E-state index in [9.17, 15) is 13.2 Å². The minimum absolute atomic E-state index is 0.137. The average molecular weight is 364 g/mol. The third kappa shape index (κ3) is 4.18. The molecule has 0 amide bonds. The third-order valence-electron chi connectivity index (χ3n) is 4.79. The molecule has 0 bridgehead atoms. The molecule has 1 aliphatic heterocycles. The lowest BCUT2D eigenvalue weighted by Crippen LogP contribution is -2.44. The van der Waals surface area contributed by atoms with Crippen LogP contribution in [0.1, 0.15) is 23.1 Å². The maximum absolute atomic E-state index is 13.0. The molecule has 140 valence electrons. The minimum Gasteiger partial charge on any atom is -0.374 e. The monoisotopic (exact) mass is 364 g/mol. The van der Waals surface area contributed by atoms with E-state index in [2.05, 4.69) is 17.1 Å². The standard InChI is InChI=1S/C20H23F3N2O/c1-15-8-16(10-18(9-15)20(21,22)23)11-26-13-19(12-25(2)14-24-19)17-6-4-3-5-7-17/h3-6,8-10,14,17H,7,11-13H2,1-2H3. The number of halogens is 3. The molecule has 1 aromatic carbocycles. The van der Waals surface area contributed by atoms with Crippen LogP contribution in [0, 0.1) is 12.8 Å². The SMILES string of the molecule is Cc1cc(COCC2(C3C=CC=CC3)CN(C)C=N2)cc(C(F)(F)F)c1. The van der Waals surface area contributed by atoms with Crippen molar-refractivity contribution in [3.8, 4) is 0 Å². The Balaban J connectivity index is 1.69. The zero-order valence-electron chi connectivity index (χ0n) is 15.0. The first-order valence-electron chi connectivity index (χ1n) is 8.63. The normalized spacial score (nSPS) is 25.3. The van der Waals surface area contributed by atoms with Crippen molar-refractivity contribution in [2.24, 2.45) is 10.9 Å². The van der Waals surface area contributed by atoms with Gasteiger partial charge in [0, 0.05) is 19.5 Å². The summed E-state index contributed by atoms with van der Waals surface area (Å²) in [5, 5.41) is 0. The van der Waals surface area contributed by atoms with Gasteiger partial charge in [0.2, 0.25) is 0 Å². The Kier molecular flexibility index (Phi) is 5.23. The Morgan fingerprint density at radius 2 is 2.08 bits per heavy atom. The van der Waals surface area contributed by atoms with Crippen LogP contribution in [-0.2, 0) is 17.5 Å². The van der Waals surface area contributed by atoms with Crippen molar-refractivity contribution in [3.05, 3.63) is 59.2 Å². The number of hydrogen-bond acceptors (Lipinski definition) is 3. The quantitative estimate of drug-likeness (QED) is 0.775. The van der Waals surface area contributed by atoms with Crippen LogP contribution in [0.2, 0.25) is 0 Å². The van der Waals surface area contributed by atoms with Crippen molar-refractivity contribution < 1.29 is 17.9 Å². The van der Waals surface area contributed by atoms with Gasteiger partial charge in [0.15, 0.2) is 0 Å². The molecule has 2 aliphatic rings. The van der Waals surface area contributed by atoms with Crippen LogP contribution in [0.3, 0.4) is 0 Å². The van der Waals surface area contributed by atoms with E-state index in [1.807, 2.05) is 30.4 Å². The molecule has 26 heavy (non-hydrogen) atoms. The molecule has 0 spiro atoms. The van der Waals surface area contributed by atoms with E-state index in [-0.39, 0.29) is 12.5 Å². The Morgan fingerprint density at radius 1 is 1.27 bits per heavy atom. The molecule has 1 aromatic rings. The number of nitrogens with zero attached hydrogens (tertiary/aromatic N) is 2. The molecular formula is C20H23F3N2O. The van der Waals surface area contributed by atoms with Gasteiger partial charge in [-0.15, -0.1) is 0 Å². The number of likely N-dealkylation sites (N-methyl/N-ethyl adjacent to an activating group) is 1. The van der Waals surface area contributed by atoms with E-state index in [4.69, 9.17) is 4.74 Å². The summed E-state index contributed by atoms with van der Waals surface area (Å²) in [4.78, 5) is 6.71. The lowest BCUT2D eigenvalue weighted by Gasteiger charge is -2.34. The number of aryl methyl sites for hydroxylation is 1. The second kappa shape index (κ2) is 7.27. The van der Waals surface area contributed by atoms with Crippen molar-refractivity contribution >= 4 is 6.34 Å². The van der Waals surface area contributed by atoms with Crippen LogP contribution in [-0.4, -0.2) is 37.0 Å². The van der Waals surface area contributed by atoms with Gasteiger partial charge in [-0.1, -0.05) is 35.9 Å². The maximum Gasteiger partial charge on any atom is 0.416 e. The van der Waals surface area contributed by atoms with Gasteiger partial charge in [-0.25, -0.2) is 0 Å². The first-order chi connectivity index (χ1) is 12.3. The van der Waals surface area contributed by atoms with Crippen molar-refractivity contribution in [2.75, 3.05) is 20.2 Å². The summed E-state index contributed by atoms with van der Waals surface area (Å²) in [6.45, 7) is 2.90. The van der Waals surface area contributed by atoms with E-state index in [1.165, 1.54) is 0 Å². The van der Waals surface area contributed by atoms with Gasteiger partial charge in [0.25, 0.3) is 0 Å². The summed E-state index contributed by atoms with van der Waals surface area (Å²) in [7, 11) is 1.96. The highest BCUT2D eigenvalue weighted by Gasteiger charge is 2.41. The molecule has 2 unspecified atom stereocenters. The predicted molar refractivity (Wildman–Crippen MR) is 96.1 cm³/mol. The van der Waals surface area contributed by atoms with Gasteiger partial charge in [-0.2, -0.15) is 13.2 Å². The summed E-state index contributed by atoms with van der Waals surface area (Å²) < 4.78 is 44.8. The summed E-state index contributed by atoms with van der Waals surface area (Å²) in [6.07, 6.45) is 6.61. The Morgan fingerprint density at radius 3 is 2.69 bits per heavy atom. The first-order valence-corrected chi connectivity index (χ1v) is 8.63. The van der Waals surface area contributed by atoms with Gasteiger partial charge in [0.05, 0.1) is 25.1 Å². The van der Waals surface area contributed by atoms with Crippen molar-refractivity contribution in [1.82, 2.24) is 4.90 Å². The van der Waals surface area contributed by atoms with E-state index in [1.54, 1.807) is 13.0 Å². The second-order valence-electron chi connectivity index (χ2n) is 7.12. The molecule has 0 radical (unpaired) electrons. The van der Waals surface area contributed by atoms with Crippen LogP contribution in [0.5, 0.6) is 0 Å². The number of rotatable bonds is 5. The molecule has 1 aliphatic carbocycles. The third-order valence-corrected chi connectivity index (χ3v) is 4.79. The lowest BCUT2D eigenvalue weighted by molar-refractivity contribution is -0.137. The van der Waals surface area contributed by atoms with Crippen LogP contribution in [0.4, 0.5) is 13.2 Å². The molecule has 6 heteroatoms. The van der Waals surface area contributed by atoms with Crippen LogP contribution in [0.25, 0.3) is 0 Å². The molecule has 0 aromatic heterocycles. The minimum atomic E-state index is -4.35. The fourth-order valence-electron chi connectivity index (χ4n) is 3.56.